The number of hydrogen-bond donors (Lipinski definition) is 4. The van der Waals surface area contributed by atoms with E-state index < -0.39 is 22.2 Å². The van der Waals surface area contributed by atoms with E-state index in [9.17, 15) is 26.4 Å². The highest BCUT2D eigenvalue weighted by Gasteiger charge is 2.38. The van der Waals surface area contributed by atoms with Crippen molar-refractivity contribution in [3.8, 4) is 0 Å². The van der Waals surface area contributed by atoms with Crippen molar-refractivity contribution in [2.45, 2.75) is 36.7 Å². The number of aliphatic carboxylic acids is 1. The van der Waals surface area contributed by atoms with Crippen LogP contribution in [0.2, 0.25) is 0 Å². The van der Waals surface area contributed by atoms with Crippen LogP contribution in [0.5, 0.6) is 0 Å². The number of thiophene rings is 1. The number of nitrogens with one attached hydrogen (secondary N) is 3. The molecule has 0 spiro atoms. The Morgan fingerprint density at radius 1 is 1.07 bits per heavy atom. The van der Waals surface area contributed by atoms with Gasteiger partial charge in [-0.2, -0.15) is 13.2 Å². The number of halogens is 3. The van der Waals surface area contributed by atoms with E-state index in [0.717, 1.165) is 48.8 Å². The highest BCUT2D eigenvalue weighted by atomic mass is 32.2. The Labute approximate surface area is 240 Å². The Morgan fingerprint density at radius 2 is 1.71 bits per heavy atom. The number of benzene rings is 2. The first-order valence-corrected chi connectivity index (χ1v) is 15.0. The Bertz CT molecular complexity index is 1420. The van der Waals surface area contributed by atoms with Crippen LogP contribution < -0.4 is 20.3 Å². The number of alkyl halides is 3. The topological polar surface area (TPSA) is 128 Å². The van der Waals surface area contributed by atoms with Crippen molar-refractivity contribution in [2.24, 2.45) is 0 Å². The van der Waals surface area contributed by atoms with Gasteiger partial charge in [0.05, 0.1) is 11.4 Å². The molecular weight excluding hydrogens is 581 g/mol. The number of hydrogen-bond acceptors (Lipinski definition) is 7. The van der Waals surface area contributed by atoms with Gasteiger partial charge >= 0.3 is 12.1 Å². The van der Waals surface area contributed by atoms with Gasteiger partial charge in [-0.3, -0.25) is 9.52 Å². The van der Waals surface area contributed by atoms with Crippen LogP contribution in [0.25, 0.3) is 0 Å². The molecule has 4 N–H and O–H groups in total. The second kappa shape index (κ2) is 13.8. The fourth-order valence-corrected chi connectivity index (χ4v) is 5.91. The number of amides is 1. The molecule has 0 bridgehead atoms. The van der Waals surface area contributed by atoms with Crippen molar-refractivity contribution in [1.82, 2.24) is 10.6 Å². The van der Waals surface area contributed by atoms with E-state index in [1.807, 2.05) is 18.2 Å². The summed E-state index contributed by atoms with van der Waals surface area (Å²) in [5, 5.41) is 15.1. The summed E-state index contributed by atoms with van der Waals surface area (Å²) in [6.07, 6.45) is -5.08. The molecule has 222 valence electrons. The Morgan fingerprint density at radius 3 is 2.24 bits per heavy atom. The quantitative estimate of drug-likeness (QED) is 0.292. The lowest BCUT2D eigenvalue weighted by molar-refractivity contribution is -0.192. The van der Waals surface area contributed by atoms with Crippen LogP contribution >= 0.6 is 11.3 Å². The minimum atomic E-state index is -5.08. The average Bonchev–Trinajstić information content (AvgIpc) is 3.48. The predicted octanol–water partition coefficient (Wildman–Crippen LogP) is 4.65. The van der Waals surface area contributed by atoms with Crippen molar-refractivity contribution < 1.29 is 36.3 Å². The first-order chi connectivity index (χ1) is 19.3. The molecule has 1 fully saturated rings. The third-order valence-corrected chi connectivity index (χ3v) is 8.83. The van der Waals surface area contributed by atoms with Crippen molar-refractivity contribution in [3.05, 3.63) is 76.7 Å². The monoisotopic (exact) mass is 612 g/mol. The molecule has 2 heterocycles. The Hall–Kier alpha value is -3.62. The summed E-state index contributed by atoms with van der Waals surface area (Å²) in [6.45, 7) is 7.82. The second-order valence-corrected chi connectivity index (χ2v) is 12.2. The molecule has 0 radical (unpaired) electrons. The van der Waals surface area contributed by atoms with Gasteiger partial charge in [0.25, 0.3) is 15.9 Å². The Balaban J connectivity index is 0.000000587. The number of nitrogens with zero attached hydrogens (tertiary/aromatic N) is 1. The molecule has 9 nitrogen and oxygen atoms in total. The first-order valence-electron chi connectivity index (χ1n) is 12.6. The van der Waals surface area contributed by atoms with Crippen molar-refractivity contribution in [1.29, 1.82) is 0 Å². The minimum absolute atomic E-state index is 0.235. The van der Waals surface area contributed by atoms with Gasteiger partial charge in [-0.1, -0.05) is 44.2 Å². The van der Waals surface area contributed by atoms with Crippen LogP contribution in [0.4, 0.5) is 24.5 Å². The van der Waals surface area contributed by atoms with E-state index in [1.54, 1.807) is 29.6 Å². The summed E-state index contributed by atoms with van der Waals surface area (Å²) in [6, 6.07) is 16.7. The van der Waals surface area contributed by atoms with E-state index in [2.05, 4.69) is 46.2 Å². The highest BCUT2D eigenvalue weighted by molar-refractivity contribution is 7.94. The lowest BCUT2D eigenvalue weighted by Gasteiger charge is -2.31. The van der Waals surface area contributed by atoms with Gasteiger partial charge in [-0.25, -0.2) is 13.2 Å². The van der Waals surface area contributed by atoms with Gasteiger partial charge < -0.3 is 20.6 Å². The predicted molar refractivity (Wildman–Crippen MR) is 152 cm³/mol. The summed E-state index contributed by atoms with van der Waals surface area (Å²) < 4.78 is 60.5. The third-order valence-electron chi connectivity index (χ3n) is 6.06. The van der Waals surface area contributed by atoms with Gasteiger partial charge in [0, 0.05) is 38.3 Å². The van der Waals surface area contributed by atoms with Crippen LogP contribution in [0.3, 0.4) is 0 Å². The summed E-state index contributed by atoms with van der Waals surface area (Å²) in [5.41, 5.74) is 3.84. The molecule has 14 heteroatoms. The summed E-state index contributed by atoms with van der Waals surface area (Å²) in [5.74, 6) is -2.56. The van der Waals surface area contributed by atoms with Crippen LogP contribution in [0.15, 0.2) is 64.2 Å². The number of carboxylic acid groups (broad SMARTS) is 1. The largest absolute Gasteiger partial charge is 0.490 e. The molecule has 0 aliphatic carbocycles. The molecule has 1 aliphatic heterocycles. The standard InChI is InChI=1S/C25H30N4O3S2.C2HF3O2/c1-18(2)20-7-5-19(6-8-20)17-27-25(30)21-9-10-23(29-13-11-26-12-14-29)22(16-21)28-34(31,32)24-4-3-15-33-24;3-2(4,5)1(6)7/h3-10,15-16,18,26,28H,11-14,17H2,1-2H3,(H,27,30);(H,6,7). The third kappa shape index (κ3) is 9.20. The fourth-order valence-electron chi connectivity index (χ4n) is 3.86. The minimum Gasteiger partial charge on any atom is -0.475 e. The van der Waals surface area contributed by atoms with Gasteiger partial charge in [0.15, 0.2) is 0 Å². The molecule has 4 rings (SSSR count). The molecule has 41 heavy (non-hydrogen) atoms. The molecular formula is C27H31F3N4O5S2. The molecule has 0 unspecified atom stereocenters. The second-order valence-electron chi connectivity index (χ2n) is 9.39. The zero-order chi connectivity index (χ0) is 30.2. The maximum absolute atomic E-state index is 12.9. The molecule has 3 aromatic rings. The molecule has 1 aliphatic rings. The number of rotatable bonds is 8. The SMILES string of the molecule is CC(C)c1ccc(CNC(=O)c2ccc(N3CCNCC3)c(NS(=O)(=O)c3cccs3)c2)cc1.O=C(O)C(F)(F)F. The fraction of sp³-hybridized carbons (Fsp3) is 0.333. The van der Waals surface area contributed by atoms with Crippen molar-refractivity contribution in [3.63, 3.8) is 0 Å². The van der Waals surface area contributed by atoms with Gasteiger partial charge in [-0.15, -0.1) is 11.3 Å². The molecule has 2 aromatic carbocycles. The highest BCUT2D eigenvalue weighted by Crippen LogP contribution is 2.31. The maximum Gasteiger partial charge on any atom is 0.490 e. The molecule has 1 saturated heterocycles. The number of anilines is 2. The van der Waals surface area contributed by atoms with E-state index >= 15 is 0 Å². The van der Waals surface area contributed by atoms with Crippen LogP contribution in [-0.4, -0.2) is 57.8 Å². The van der Waals surface area contributed by atoms with E-state index in [4.69, 9.17) is 9.90 Å². The molecule has 0 atom stereocenters. The number of carbonyl (C=O) groups excluding carboxylic acids is 1. The van der Waals surface area contributed by atoms with Gasteiger partial charge in [-0.05, 0) is 46.7 Å². The first kappa shape index (κ1) is 31.9. The number of carboxylic acids is 1. The zero-order valence-corrected chi connectivity index (χ0v) is 24.0. The van der Waals surface area contributed by atoms with Crippen molar-refractivity contribution >= 4 is 44.6 Å². The maximum atomic E-state index is 12.9. The summed E-state index contributed by atoms with van der Waals surface area (Å²) in [4.78, 5) is 23.9. The van der Waals surface area contributed by atoms with Crippen molar-refractivity contribution in [2.75, 3.05) is 35.8 Å². The molecule has 1 amide bonds. The van der Waals surface area contributed by atoms with Crippen LogP contribution in [0, 0.1) is 0 Å². The van der Waals surface area contributed by atoms with E-state index in [-0.39, 0.29) is 10.1 Å². The number of sulfonamides is 1. The van der Waals surface area contributed by atoms with Gasteiger partial charge in [0.2, 0.25) is 0 Å². The van der Waals surface area contributed by atoms with Gasteiger partial charge in [0.1, 0.15) is 4.21 Å². The zero-order valence-electron chi connectivity index (χ0n) is 22.4. The van der Waals surface area contributed by atoms with E-state index in [1.165, 1.54) is 5.56 Å². The Kier molecular flexibility index (Phi) is 10.8. The number of piperazine rings is 1. The van der Waals surface area contributed by atoms with Crippen LogP contribution in [0.1, 0.15) is 41.3 Å². The number of carbonyl (C=O) groups is 2. The lowest BCUT2D eigenvalue weighted by Crippen LogP contribution is -2.43. The average molecular weight is 613 g/mol. The smallest absolute Gasteiger partial charge is 0.475 e. The summed E-state index contributed by atoms with van der Waals surface area (Å²) in [7, 11) is -3.75. The summed E-state index contributed by atoms with van der Waals surface area (Å²) >= 11 is 1.16. The molecule has 0 saturated carbocycles. The van der Waals surface area contributed by atoms with E-state index in [0.29, 0.717) is 23.7 Å². The molecule has 1 aromatic heterocycles. The lowest BCUT2D eigenvalue weighted by atomic mass is 10.0. The van der Waals surface area contributed by atoms with Crippen LogP contribution in [-0.2, 0) is 21.4 Å². The normalized spacial score (nSPS) is 13.8.